The molecule has 3 aromatic rings. The second-order valence-corrected chi connectivity index (χ2v) is 7.92. The van der Waals surface area contributed by atoms with E-state index in [4.69, 9.17) is 9.47 Å². The Hall–Kier alpha value is -2.79. The molecular weight excluding hydrogens is 370 g/mol. The number of ether oxygens (including phenoxy) is 2. The van der Waals surface area contributed by atoms with Crippen molar-refractivity contribution in [1.29, 1.82) is 0 Å². The van der Waals surface area contributed by atoms with Crippen LogP contribution in [0, 0.1) is 13.8 Å². The van der Waals surface area contributed by atoms with Crippen LogP contribution in [0.15, 0.2) is 47.3 Å². The first kappa shape index (κ1) is 20.0. The van der Waals surface area contributed by atoms with Crippen molar-refractivity contribution >= 4 is 24.0 Å². The van der Waals surface area contributed by atoms with Crippen LogP contribution in [-0.4, -0.2) is 18.2 Å². The molecule has 0 aliphatic rings. The molecule has 0 unspecified atom stereocenters. The lowest BCUT2D eigenvalue weighted by Gasteiger charge is -2.09. The molecular formula is C23H25NO3S. The van der Waals surface area contributed by atoms with E-state index in [0.717, 1.165) is 29.9 Å². The number of thiazole rings is 1. The smallest absolute Gasteiger partial charge is 0.266 e. The van der Waals surface area contributed by atoms with Gasteiger partial charge < -0.3 is 14.5 Å². The molecule has 0 spiro atoms. The molecule has 1 aromatic heterocycles. The number of aryl methyl sites for hydroxylation is 2. The van der Waals surface area contributed by atoms with Gasteiger partial charge in [0.1, 0.15) is 11.5 Å². The number of aromatic amines is 1. The zero-order chi connectivity index (χ0) is 19.9. The van der Waals surface area contributed by atoms with Crippen LogP contribution in [0.3, 0.4) is 0 Å². The molecule has 146 valence electrons. The van der Waals surface area contributed by atoms with Gasteiger partial charge in [0, 0.05) is 0 Å². The summed E-state index contributed by atoms with van der Waals surface area (Å²) in [5.41, 5.74) is 3.30. The Kier molecular flexibility index (Phi) is 6.71. The van der Waals surface area contributed by atoms with Gasteiger partial charge in [0.2, 0.25) is 0 Å². The van der Waals surface area contributed by atoms with Crippen LogP contribution in [-0.2, 0) is 0 Å². The highest BCUT2D eigenvalue weighted by Gasteiger charge is 1.99. The molecule has 2 aromatic carbocycles. The summed E-state index contributed by atoms with van der Waals surface area (Å²) < 4.78 is 12.9. The van der Waals surface area contributed by atoms with Crippen molar-refractivity contribution in [2.24, 2.45) is 0 Å². The van der Waals surface area contributed by atoms with Gasteiger partial charge in [0.15, 0.2) is 0 Å². The molecule has 0 atom stereocenters. The predicted octanol–water partition coefficient (Wildman–Crippen LogP) is 3.53. The van der Waals surface area contributed by atoms with Crippen LogP contribution in [0.5, 0.6) is 11.5 Å². The van der Waals surface area contributed by atoms with Gasteiger partial charge in [-0.2, -0.15) is 0 Å². The van der Waals surface area contributed by atoms with Crippen LogP contribution in [0.25, 0.3) is 12.7 Å². The lowest BCUT2D eigenvalue weighted by Crippen LogP contribution is -2.19. The second kappa shape index (κ2) is 9.42. The Balaban J connectivity index is 1.42. The van der Waals surface area contributed by atoms with Gasteiger partial charge in [-0.05, 0) is 73.7 Å². The van der Waals surface area contributed by atoms with E-state index >= 15 is 0 Å². The molecule has 0 fully saturated rings. The average Bonchev–Trinajstić information content (AvgIpc) is 2.95. The minimum absolute atomic E-state index is 0.0987. The van der Waals surface area contributed by atoms with E-state index in [1.165, 1.54) is 22.5 Å². The van der Waals surface area contributed by atoms with E-state index in [9.17, 15) is 4.79 Å². The summed E-state index contributed by atoms with van der Waals surface area (Å²) in [6, 6.07) is 14.0. The largest absolute Gasteiger partial charge is 0.494 e. The fourth-order valence-corrected chi connectivity index (χ4v) is 3.65. The fraction of sp³-hybridized carbons (Fsp3) is 0.261. The van der Waals surface area contributed by atoms with Gasteiger partial charge in [-0.1, -0.05) is 24.8 Å². The quantitative estimate of drug-likeness (QED) is 0.594. The molecule has 0 saturated carbocycles. The summed E-state index contributed by atoms with van der Waals surface area (Å²) in [4.78, 5) is 14.4. The van der Waals surface area contributed by atoms with Crippen molar-refractivity contribution in [1.82, 2.24) is 4.98 Å². The Labute approximate surface area is 168 Å². The molecule has 1 N–H and O–H groups in total. The van der Waals surface area contributed by atoms with Crippen molar-refractivity contribution in [2.45, 2.75) is 26.7 Å². The van der Waals surface area contributed by atoms with Gasteiger partial charge in [0.05, 0.1) is 22.4 Å². The first-order valence-electron chi connectivity index (χ1n) is 9.33. The van der Waals surface area contributed by atoms with Crippen LogP contribution < -0.4 is 24.2 Å². The summed E-state index contributed by atoms with van der Waals surface area (Å²) in [5.74, 6) is 1.76. The van der Waals surface area contributed by atoms with E-state index in [1.807, 2.05) is 30.3 Å². The van der Waals surface area contributed by atoms with E-state index < -0.39 is 0 Å². The third-order valence-electron chi connectivity index (χ3n) is 4.16. The van der Waals surface area contributed by atoms with Crippen molar-refractivity contribution in [3.63, 3.8) is 0 Å². The summed E-state index contributed by atoms with van der Waals surface area (Å²) in [6.45, 7) is 9.24. The molecule has 1 heterocycles. The SMILES string of the molecule is C=c1[nH]c(=O)c(=Cc2ccc(OCCCCOc3cc(C)cc(C)c3)cc2)s1. The Bertz CT molecular complexity index is 1060. The molecule has 0 bridgehead atoms. The van der Waals surface area contributed by atoms with Crippen molar-refractivity contribution in [3.05, 3.63) is 78.7 Å². The number of benzene rings is 2. The molecule has 4 nitrogen and oxygen atoms in total. The summed E-state index contributed by atoms with van der Waals surface area (Å²) in [6.07, 6.45) is 3.72. The number of hydrogen-bond donors (Lipinski definition) is 1. The molecule has 28 heavy (non-hydrogen) atoms. The van der Waals surface area contributed by atoms with Crippen LogP contribution in [0.1, 0.15) is 29.5 Å². The van der Waals surface area contributed by atoms with Gasteiger partial charge in [-0.3, -0.25) is 4.79 Å². The van der Waals surface area contributed by atoms with E-state index in [0.29, 0.717) is 22.4 Å². The molecule has 0 aliphatic heterocycles. The zero-order valence-corrected chi connectivity index (χ0v) is 17.1. The van der Waals surface area contributed by atoms with E-state index in [-0.39, 0.29) is 5.56 Å². The number of rotatable bonds is 8. The maximum atomic E-state index is 11.7. The van der Waals surface area contributed by atoms with Crippen LogP contribution in [0.4, 0.5) is 0 Å². The molecule has 3 rings (SSSR count). The number of nitrogens with one attached hydrogen (secondary N) is 1. The summed E-state index contributed by atoms with van der Waals surface area (Å²) in [5, 5.41) is 0. The van der Waals surface area contributed by atoms with Gasteiger partial charge in [-0.25, -0.2) is 0 Å². The van der Waals surface area contributed by atoms with Crippen LogP contribution in [0.2, 0.25) is 0 Å². The number of aromatic nitrogens is 1. The third-order valence-corrected chi connectivity index (χ3v) is 5.03. The second-order valence-electron chi connectivity index (χ2n) is 6.78. The van der Waals surface area contributed by atoms with Gasteiger partial charge in [0.25, 0.3) is 5.56 Å². The maximum Gasteiger partial charge on any atom is 0.266 e. The highest BCUT2D eigenvalue weighted by atomic mass is 32.1. The maximum absolute atomic E-state index is 11.7. The molecule has 0 radical (unpaired) electrons. The summed E-state index contributed by atoms with van der Waals surface area (Å²) >= 11 is 1.36. The first-order chi connectivity index (χ1) is 13.5. The topological polar surface area (TPSA) is 51.3 Å². The van der Waals surface area contributed by atoms with Gasteiger partial charge >= 0.3 is 0 Å². The minimum Gasteiger partial charge on any atom is -0.494 e. The Morgan fingerprint density at radius 2 is 1.57 bits per heavy atom. The van der Waals surface area contributed by atoms with E-state index in [1.54, 1.807) is 0 Å². The third kappa shape index (κ3) is 5.86. The lowest BCUT2D eigenvalue weighted by atomic mass is 10.1. The number of unbranched alkanes of at least 4 members (excludes halogenated alkanes) is 1. The Morgan fingerprint density at radius 3 is 2.14 bits per heavy atom. The molecule has 0 aliphatic carbocycles. The number of hydrogen-bond acceptors (Lipinski definition) is 4. The highest BCUT2D eigenvalue weighted by molar-refractivity contribution is 7.07. The van der Waals surface area contributed by atoms with Crippen molar-refractivity contribution in [3.8, 4) is 11.5 Å². The highest BCUT2D eigenvalue weighted by Crippen LogP contribution is 2.17. The fourth-order valence-electron chi connectivity index (χ4n) is 2.90. The van der Waals surface area contributed by atoms with Crippen molar-refractivity contribution in [2.75, 3.05) is 13.2 Å². The molecule has 5 heteroatoms. The first-order valence-corrected chi connectivity index (χ1v) is 10.1. The predicted molar refractivity (Wildman–Crippen MR) is 116 cm³/mol. The summed E-state index contributed by atoms with van der Waals surface area (Å²) in [7, 11) is 0. The lowest BCUT2D eigenvalue weighted by molar-refractivity contribution is 0.266. The number of H-pyrrole nitrogens is 1. The van der Waals surface area contributed by atoms with E-state index in [2.05, 4.69) is 43.6 Å². The standard InChI is InChI=1S/C23H25NO3S/c1-16-12-17(2)14-21(13-16)27-11-5-4-10-26-20-8-6-19(7-9-20)15-22-23(25)24-18(3)28-22/h6-9,12-15H,3-5,10-11H2,1-2H3,(H,24,25). The van der Waals surface area contributed by atoms with Crippen LogP contribution >= 0.6 is 11.3 Å². The van der Waals surface area contributed by atoms with Crippen molar-refractivity contribution < 1.29 is 9.47 Å². The average molecular weight is 396 g/mol. The molecule has 0 amide bonds. The monoisotopic (exact) mass is 395 g/mol. The Morgan fingerprint density at radius 1 is 0.964 bits per heavy atom. The minimum atomic E-state index is -0.0987. The zero-order valence-electron chi connectivity index (χ0n) is 16.3. The van der Waals surface area contributed by atoms with Gasteiger partial charge in [-0.15, -0.1) is 11.3 Å². The molecule has 0 saturated heterocycles. The normalized spacial score (nSPS) is 11.6.